The van der Waals surface area contributed by atoms with E-state index in [9.17, 15) is 14.7 Å². The van der Waals surface area contributed by atoms with Crippen LogP contribution in [0.3, 0.4) is 0 Å². The van der Waals surface area contributed by atoms with Gasteiger partial charge in [0.15, 0.2) is 0 Å². The molecule has 3 rings (SSSR count). The molecule has 0 spiro atoms. The Morgan fingerprint density at radius 1 is 1.15 bits per heavy atom. The number of aliphatic hydroxyl groups is 1. The maximum Gasteiger partial charge on any atom is 0.227 e. The summed E-state index contributed by atoms with van der Waals surface area (Å²) >= 11 is 0. The van der Waals surface area contributed by atoms with E-state index in [0.29, 0.717) is 19.4 Å². The topological polar surface area (TPSA) is 60.9 Å². The molecule has 2 amide bonds. The Kier molecular flexibility index (Phi) is 3.44. The van der Waals surface area contributed by atoms with Crippen molar-refractivity contribution in [3.63, 3.8) is 0 Å². The van der Waals surface area contributed by atoms with Gasteiger partial charge in [-0.05, 0) is 24.6 Å². The van der Waals surface area contributed by atoms with Crippen LogP contribution < -0.4 is 9.80 Å². The number of rotatable bonds is 3. The van der Waals surface area contributed by atoms with Crippen LogP contribution in [0.1, 0.15) is 19.3 Å². The molecule has 2 aliphatic heterocycles. The van der Waals surface area contributed by atoms with Crippen molar-refractivity contribution < 1.29 is 14.7 Å². The van der Waals surface area contributed by atoms with Crippen LogP contribution in [0, 0.1) is 5.92 Å². The largest absolute Gasteiger partial charge is 0.396 e. The molecule has 20 heavy (non-hydrogen) atoms. The van der Waals surface area contributed by atoms with Gasteiger partial charge in [0.1, 0.15) is 0 Å². The number of carbonyl (C=O) groups is 2. The average molecular weight is 274 g/mol. The summed E-state index contributed by atoms with van der Waals surface area (Å²) in [6.07, 6.45) is 1.88. The van der Waals surface area contributed by atoms with Crippen molar-refractivity contribution in [2.45, 2.75) is 19.3 Å². The van der Waals surface area contributed by atoms with Crippen molar-refractivity contribution in [2.75, 3.05) is 29.5 Å². The molecule has 0 saturated carbocycles. The molecule has 5 nitrogen and oxygen atoms in total. The number of aliphatic hydroxyl groups excluding tert-OH is 1. The van der Waals surface area contributed by atoms with Crippen LogP contribution in [0.15, 0.2) is 24.3 Å². The van der Waals surface area contributed by atoms with E-state index in [4.69, 9.17) is 0 Å². The van der Waals surface area contributed by atoms with E-state index in [1.807, 2.05) is 24.3 Å². The van der Waals surface area contributed by atoms with Crippen LogP contribution in [0.2, 0.25) is 0 Å². The molecule has 1 aromatic carbocycles. The lowest BCUT2D eigenvalue weighted by molar-refractivity contribution is -0.118. The molecule has 0 aromatic heterocycles. The fourth-order valence-electron chi connectivity index (χ4n) is 2.90. The molecule has 0 aliphatic carbocycles. The number of amides is 2. The van der Waals surface area contributed by atoms with Gasteiger partial charge in [0.25, 0.3) is 0 Å². The minimum Gasteiger partial charge on any atom is -0.396 e. The SMILES string of the molecule is O=C1CCCN1c1cccc(N2CC(CO)CC2=O)c1. The Labute approximate surface area is 117 Å². The van der Waals surface area contributed by atoms with E-state index < -0.39 is 0 Å². The number of nitrogens with zero attached hydrogens (tertiary/aromatic N) is 2. The first-order chi connectivity index (χ1) is 9.69. The number of carbonyl (C=O) groups excluding carboxylic acids is 2. The number of hydrogen-bond donors (Lipinski definition) is 1. The maximum absolute atomic E-state index is 12.0. The van der Waals surface area contributed by atoms with Crippen molar-refractivity contribution in [1.82, 2.24) is 0 Å². The minimum absolute atomic E-state index is 0.0135. The molecular formula is C15H18N2O3. The molecule has 0 bridgehead atoms. The first kappa shape index (κ1) is 13.1. The Hall–Kier alpha value is -1.88. The molecule has 1 N–H and O–H groups in total. The zero-order chi connectivity index (χ0) is 14.1. The van der Waals surface area contributed by atoms with Gasteiger partial charge in [0, 0.05) is 49.8 Å². The van der Waals surface area contributed by atoms with Crippen molar-refractivity contribution in [3.8, 4) is 0 Å². The van der Waals surface area contributed by atoms with Crippen LogP contribution in [-0.2, 0) is 9.59 Å². The Bertz CT molecular complexity index is 544. The van der Waals surface area contributed by atoms with Crippen LogP contribution in [0.5, 0.6) is 0 Å². The summed E-state index contributed by atoms with van der Waals surface area (Å²) in [5.74, 6) is 0.191. The lowest BCUT2D eigenvalue weighted by Gasteiger charge is -2.21. The fourth-order valence-corrected chi connectivity index (χ4v) is 2.90. The third-order valence-electron chi connectivity index (χ3n) is 3.99. The van der Waals surface area contributed by atoms with Crippen LogP contribution >= 0.6 is 0 Å². The summed E-state index contributed by atoms with van der Waals surface area (Å²) in [5.41, 5.74) is 1.66. The highest BCUT2D eigenvalue weighted by molar-refractivity contribution is 5.98. The second-order valence-corrected chi connectivity index (χ2v) is 5.43. The highest BCUT2D eigenvalue weighted by atomic mass is 16.3. The fraction of sp³-hybridized carbons (Fsp3) is 0.467. The van der Waals surface area contributed by atoms with Gasteiger partial charge in [-0.3, -0.25) is 9.59 Å². The summed E-state index contributed by atoms with van der Waals surface area (Å²) in [5, 5.41) is 9.18. The van der Waals surface area contributed by atoms with Gasteiger partial charge in [0.2, 0.25) is 11.8 Å². The summed E-state index contributed by atoms with van der Waals surface area (Å²) < 4.78 is 0. The Morgan fingerprint density at radius 2 is 1.90 bits per heavy atom. The van der Waals surface area contributed by atoms with Crippen LogP contribution in [0.25, 0.3) is 0 Å². The van der Waals surface area contributed by atoms with Crippen LogP contribution in [-0.4, -0.2) is 36.6 Å². The van der Waals surface area contributed by atoms with Gasteiger partial charge in [-0.2, -0.15) is 0 Å². The van der Waals surface area contributed by atoms with Crippen molar-refractivity contribution in [3.05, 3.63) is 24.3 Å². The Balaban J connectivity index is 1.84. The molecule has 2 heterocycles. The molecule has 0 radical (unpaired) electrons. The highest BCUT2D eigenvalue weighted by Crippen LogP contribution is 2.29. The second kappa shape index (κ2) is 5.25. The zero-order valence-corrected chi connectivity index (χ0v) is 11.3. The molecule has 5 heteroatoms. The van der Waals surface area contributed by atoms with Crippen molar-refractivity contribution in [2.24, 2.45) is 5.92 Å². The monoisotopic (exact) mass is 274 g/mol. The summed E-state index contributed by atoms with van der Waals surface area (Å²) in [7, 11) is 0. The highest BCUT2D eigenvalue weighted by Gasteiger charge is 2.30. The van der Waals surface area contributed by atoms with E-state index in [1.54, 1.807) is 9.80 Å². The molecule has 1 unspecified atom stereocenters. The molecule has 1 atom stereocenters. The van der Waals surface area contributed by atoms with Gasteiger partial charge >= 0.3 is 0 Å². The minimum atomic E-state index is 0.0135. The van der Waals surface area contributed by atoms with Gasteiger partial charge < -0.3 is 14.9 Å². The lowest BCUT2D eigenvalue weighted by Crippen LogP contribution is -2.26. The van der Waals surface area contributed by atoms with Gasteiger partial charge in [-0.25, -0.2) is 0 Å². The third-order valence-corrected chi connectivity index (χ3v) is 3.99. The summed E-state index contributed by atoms with van der Waals surface area (Å²) in [6, 6.07) is 7.54. The quantitative estimate of drug-likeness (QED) is 0.899. The average Bonchev–Trinajstić information content (AvgIpc) is 3.05. The predicted octanol–water partition coefficient (Wildman–Crippen LogP) is 1.16. The second-order valence-electron chi connectivity index (χ2n) is 5.43. The normalized spacial score (nSPS) is 22.9. The number of hydrogen-bond acceptors (Lipinski definition) is 3. The van der Waals surface area contributed by atoms with E-state index in [1.165, 1.54) is 0 Å². The van der Waals surface area contributed by atoms with E-state index >= 15 is 0 Å². The van der Waals surface area contributed by atoms with Gasteiger partial charge in [0.05, 0.1) is 0 Å². The lowest BCUT2D eigenvalue weighted by atomic mass is 10.1. The molecule has 2 saturated heterocycles. The molecular weight excluding hydrogens is 256 g/mol. The number of anilines is 2. The Morgan fingerprint density at radius 3 is 2.50 bits per heavy atom. The smallest absolute Gasteiger partial charge is 0.227 e. The van der Waals surface area contributed by atoms with Crippen LogP contribution in [0.4, 0.5) is 11.4 Å². The van der Waals surface area contributed by atoms with Gasteiger partial charge in [-0.1, -0.05) is 6.07 Å². The summed E-state index contributed by atoms with van der Waals surface area (Å²) in [4.78, 5) is 27.2. The standard InChI is InChI=1S/C15H18N2O3/c18-10-11-7-15(20)17(9-11)13-4-1-3-12(8-13)16-6-2-5-14(16)19/h1,3-4,8,11,18H,2,5-7,9-10H2. The van der Waals surface area contributed by atoms with Crippen molar-refractivity contribution in [1.29, 1.82) is 0 Å². The molecule has 1 aromatic rings. The van der Waals surface area contributed by atoms with Gasteiger partial charge in [-0.15, -0.1) is 0 Å². The molecule has 2 aliphatic rings. The first-order valence-electron chi connectivity index (χ1n) is 7.00. The molecule has 2 fully saturated rings. The van der Waals surface area contributed by atoms with E-state index in [-0.39, 0.29) is 24.3 Å². The van der Waals surface area contributed by atoms with E-state index in [0.717, 1.165) is 24.3 Å². The zero-order valence-electron chi connectivity index (χ0n) is 11.3. The summed E-state index contributed by atoms with van der Waals surface area (Å²) in [6.45, 7) is 1.33. The third kappa shape index (κ3) is 2.29. The molecule has 106 valence electrons. The first-order valence-corrected chi connectivity index (χ1v) is 7.00. The van der Waals surface area contributed by atoms with E-state index in [2.05, 4.69) is 0 Å². The maximum atomic E-state index is 12.0. The van der Waals surface area contributed by atoms with Crippen molar-refractivity contribution >= 4 is 23.2 Å². The predicted molar refractivity (Wildman–Crippen MR) is 75.6 cm³/mol. The number of benzene rings is 1.